The Morgan fingerprint density at radius 3 is 2.74 bits per heavy atom. The molecular weight excluding hydrogens is 490 g/mol. The van der Waals surface area contributed by atoms with Gasteiger partial charge in [0.25, 0.3) is 11.9 Å². The van der Waals surface area contributed by atoms with Gasteiger partial charge in [-0.3, -0.25) is 10.0 Å². The molecule has 4 N–H and O–H groups in total. The van der Waals surface area contributed by atoms with Gasteiger partial charge in [0, 0.05) is 31.6 Å². The van der Waals surface area contributed by atoms with Crippen molar-refractivity contribution in [3.05, 3.63) is 54.7 Å². The van der Waals surface area contributed by atoms with Crippen LogP contribution in [0.4, 0.5) is 17.7 Å². The summed E-state index contributed by atoms with van der Waals surface area (Å²) in [5.41, 5.74) is 3.76. The summed E-state index contributed by atoms with van der Waals surface area (Å²) in [7, 11) is 0. The van der Waals surface area contributed by atoms with Gasteiger partial charge in [0.2, 0.25) is 0 Å². The van der Waals surface area contributed by atoms with Crippen LogP contribution < -0.4 is 20.6 Å². The van der Waals surface area contributed by atoms with E-state index in [4.69, 9.17) is 19.6 Å². The Balaban J connectivity index is 1.27. The normalized spacial score (nSPS) is 14.7. The summed E-state index contributed by atoms with van der Waals surface area (Å²) in [4.78, 5) is 45.8. The highest BCUT2D eigenvalue weighted by Crippen LogP contribution is 2.30. The van der Waals surface area contributed by atoms with Crippen molar-refractivity contribution in [1.82, 2.24) is 40.4 Å². The van der Waals surface area contributed by atoms with Gasteiger partial charge in [-0.1, -0.05) is 19.1 Å². The van der Waals surface area contributed by atoms with Gasteiger partial charge >= 0.3 is 0 Å². The van der Waals surface area contributed by atoms with Crippen molar-refractivity contribution < 1.29 is 14.4 Å². The SMILES string of the molecule is CC[C@H](Nc1ncnc2[nH]cnc12)c1nc(N2CCN(c3nc(C(=O)NO)co3)CC2)c2ccccc2n1. The van der Waals surface area contributed by atoms with E-state index in [1.807, 2.05) is 29.2 Å². The number of piperazine rings is 1. The molecule has 0 saturated carbocycles. The van der Waals surface area contributed by atoms with Gasteiger partial charge < -0.3 is 24.5 Å². The Bertz CT molecular complexity index is 1590. The van der Waals surface area contributed by atoms with E-state index in [2.05, 4.69) is 42.1 Å². The molecule has 0 bridgehead atoms. The molecule has 4 aromatic heterocycles. The predicted octanol–water partition coefficient (Wildman–Crippen LogP) is 2.29. The van der Waals surface area contributed by atoms with Gasteiger partial charge in [0.15, 0.2) is 23.0 Å². The van der Waals surface area contributed by atoms with Crippen molar-refractivity contribution in [2.24, 2.45) is 0 Å². The number of aromatic nitrogens is 7. The van der Waals surface area contributed by atoms with Crippen LogP contribution in [0.3, 0.4) is 0 Å². The second kappa shape index (κ2) is 9.89. The van der Waals surface area contributed by atoms with Crippen LogP contribution in [0.25, 0.3) is 22.1 Å². The average molecular weight is 516 g/mol. The number of H-pyrrole nitrogens is 1. The van der Waals surface area contributed by atoms with Crippen molar-refractivity contribution in [3.8, 4) is 0 Å². The molecule has 38 heavy (non-hydrogen) atoms. The van der Waals surface area contributed by atoms with E-state index in [0.717, 1.165) is 23.1 Å². The highest BCUT2D eigenvalue weighted by molar-refractivity contribution is 5.91. The molecule has 1 aliphatic rings. The molecule has 194 valence electrons. The molecule has 0 radical (unpaired) electrons. The molecule has 14 heteroatoms. The number of benzene rings is 1. The molecule has 0 spiro atoms. The lowest BCUT2D eigenvalue weighted by Gasteiger charge is -2.35. The van der Waals surface area contributed by atoms with Crippen LogP contribution in [0, 0.1) is 0 Å². The fourth-order valence-corrected chi connectivity index (χ4v) is 4.54. The number of nitrogens with one attached hydrogen (secondary N) is 3. The van der Waals surface area contributed by atoms with E-state index < -0.39 is 5.91 Å². The molecule has 0 unspecified atom stereocenters. The summed E-state index contributed by atoms with van der Waals surface area (Å²) in [5.74, 6) is 1.42. The van der Waals surface area contributed by atoms with Crippen molar-refractivity contribution in [3.63, 3.8) is 0 Å². The number of hydrogen-bond donors (Lipinski definition) is 4. The predicted molar refractivity (Wildman–Crippen MR) is 138 cm³/mol. The Kier molecular flexibility index (Phi) is 6.13. The first-order chi connectivity index (χ1) is 18.6. The lowest BCUT2D eigenvalue weighted by Crippen LogP contribution is -2.47. The molecule has 1 aromatic carbocycles. The molecule has 0 aliphatic carbocycles. The van der Waals surface area contributed by atoms with Crippen LogP contribution in [0.5, 0.6) is 0 Å². The number of anilines is 3. The monoisotopic (exact) mass is 515 g/mol. The van der Waals surface area contributed by atoms with Gasteiger partial charge in [-0.25, -0.2) is 30.4 Å². The number of imidazole rings is 1. The number of hydroxylamine groups is 1. The Labute approximate surface area is 216 Å². The molecule has 1 aliphatic heterocycles. The van der Waals surface area contributed by atoms with Crippen LogP contribution in [0.1, 0.15) is 35.7 Å². The number of hydrogen-bond acceptors (Lipinski definition) is 12. The number of oxazole rings is 1. The van der Waals surface area contributed by atoms with Crippen molar-refractivity contribution >= 4 is 45.6 Å². The maximum absolute atomic E-state index is 11.6. The molecule has 1 atom stereocenters. The summed E-state index contributed by atoms with van der Waals surface area (Å²) in [6.07, 6.45) is 5.05. The lowest BCUT2D eigenvalue weighted by molar-refractivity contribution is 0.0700. The molecule has 6 rings (SSSR count). The molecule has 5 aromatic rings. The molecule has 1 saturated heterocycles. The summed E-state index contributed by atoms with van der Waals surface area (Å²) < 4.78 is 5.46. The van der Waals surface area contributed by atoms with Gasteiger partial charge in [0.1, 0.15) is 23.9 Å². The summed E-state index contributed by atoms with van der Waals surface area (Å²) in [5, 5.41) is 13.2. The molecule has 1 fully saturated rings. The second-order valence-corrected chi connectivity index (χ2v) is 8.78. The summed E-state index contributed by atoms with van der Waals surface area (Å²) >= 11 is 0. The number of aromatic amines is 1. The van der Waals surface area contributed by atoms with Gasteiger partial charge in [-0.15, -0.1) is 0 Å². The summed E-state index contributed by atoms with van der Waals surface area (Å²) in [6.45, 7) is 4.62. The first kappa shape index (κ1) is 23.5. The zero-order valence-electron chi connectivity index (χ0n) is 20.5. The maximum atomic E-state index is 11.6. The zero-order valence-corrected chi connectivity index (χ0v) is 20.5. The molecular formula is C24H25N11O3. The third-order valence-electron chi connectivity index (χ3n) is 6.52. The van der Waals surface area contributed by atoms with Crippen LogP contribution in [0.2, 0.25) is 0 Å². The van der Waals surface area contributed by atoms with Gasteiger partial charge in [-0.05, 0) is 18.6 Å². The fourth-order valence-electron chi connectivity index (χ4n) is 4.54. The maximum Gasteiger partial charge on any atom is 0.298 e. The number of nitrogens with zero attached hydrogens (tertiary/aromatic N) is 8. The third-order valence-corrected chi connectivity index (χ3v) is 6.52. The van der Waals surface area contributed by atoms with Crippen LogP contribution in [0.15, 0.2) is 47.6 Å². The van der Waals surface area contributed by atoms with Crippen LogP contribution >= 0.6 is 0 Å². The minimum absolute atomic E-state index is 0.0188. The van der Waals surface area contributed by atoms with E-state index in [1.165, 1.54) is 12.6 Å². The van der Waals surface area contributed by atoms with Crippen molar-refractivity contribution in [1.29, 1.82) is 0 Å². The Morgan fingerprint density at radius 1 is 1.11 bits per heavy atom. The third kappa shape index (κ3) is 4.30. The second-order valence-electron chi connectivity index (χ2n) is 8.78. The first-order valence-corrected chi connectivity index (χ1v) is 12.2. The number of amides is 1. The number of carbonyl (C=O) groups excluding carboxylic acids is 1. The van der Waals surface area contributed by atoms with E-state index in [9.17, 15) is 4.79 Å². The van der Waals surface area contributed by atoms with E-state index in [-0.39, 0.29) is 11.7 Å². The Morgan fingerprint density at radius 2 is 1.92 bits per heavy atom. The topological polar surface area (TPSA) is 174 Å². The molecule has 14 nitrogen and oxygen atoms in total. The molecule has 5 heterocycles. The number of para-hydroxylation sites is 1. The fraction of sp³-hybridized carbons (Fsp3) is 0.292. The smallest absolute Gasteiger partial charge is 0.298 e. The van der Waals surface area contributed by atoms with Gasteiger partial charge in [-0.2, -0.15) is 4.98 Å². The minimum Gasteiger partial charge on any atom is -0.431 e. The van der Waals surface area contributed by atoms with Crippen LogP contribution in [-0.4, -0.2) is 72.2 Å². The first-order valence-electron chi connectivity index (χ1n) is 12.2. The van der Waals surface area contributed by atoms with Crippen molar-refractivity contribution in [2.45, 2.75) is 19.4 Å². The zero-order chi connectivity index (χ0) is 26.1. The average Bonchev–Trinajstić information content (AvgIpc) is 3.66. The standard InChI is InChI=1S/C24H25N11O3/c1-2-15(29-21-18-20(26-12-25-18)27-13-28-21)19-30-16-6-4-3-5-14(16)22(32-19)34-7-9-35(10-8-34)24-31-17(11-38-24)23(36)33-37/h3-6,11-13,15,37H,2,7-10H2,1H3,(H,33,36)(H2,25,26,27,28,29)/t15-/m0/s1. The number of carbonyl (C=O) groups is 1. The minimum atomic E-state index is -0.715. The number of rotatable bonds is 7. The van der Waals surface area contributed by atoms with Crippen molar-refractivity contribution in [2.75, 3.05) is 41.3 Å². The summed E-state index contributed by atoms with van der Waals surface area (Å²) in [6, 6.07) is 8.11. The highest BCUT2D eigenvalue weighted by atomic mass is 16.5. The van der Waals surface area contributed by atoms with Crippen LogP contribution in [-0.2, 0) is 0 Å². The highest BCUT2D eigenvalue weighted by Gasteiger charge is 2.26. The Hall–Kier alpha value is -4.85. The van der Waals surface area contributed by atoms with E-state index in [1.54, 1.807) is 11.8 Å². The lowest BCUT2D eigenvalue weighted by atomic mass is 10.1. The van der Waals surface area contributed by atoms with Gasteiger partial charge in [0.05, 0.1) is 17.9 Å². The number of fused-ring (bicyclic) bond motifs is 2. The molecule has 1 amide bonds. The quantitative estimate of drug-likeness (QED) is 0.184. The largest absolute Gasteiger partial charge is 0.431 e. The van der Waals surface area contributed by atoms with E-state index >= 15 is 0 Å². The van der Waals surface area contributed by atoms with E-state index in [0.29, 0.717) is 55.0 Å².